The predicted octanol–water partition coefficient (Wildman–Crippen LogP) is 3.36. The molecule has 0 saturated carbocycles. The summed E-state index contributed by atoms with van der Waals surface area (Å²) in [6, 6.07) is 14.4. The van der Waals surface area contributed by atoms with Crippen molar-refractivity contribution in [1.29, 1.82) is 0 Å². The van der Waals surface area contributed by atoms with Crippen LogP contribution in [0, 0.1) is 0 Å². The molecule has 0 aliphatic rings. The standard InChI is InChI=1S/C17H15N3O4S3/c21-26(22,13-10-14-4-2-1-3-5-14)19-15-6-8-16(9-7-15)27(23,24)20-17-18-11-12-25-17/h1-13,19H,(H,18,20)/b13-10+. The van der Waals surface area contributed by atoms with Crippen molar-refractivity contribution in [2.75, 3.05) is 9.44 Å². The average molecular weight is 422 g/mol. The van der Waals surface area contributed by atoms with Crippen LogP contribution in [0.4, 0.5) is 10.8 Å². The van der Waals surface area contributed by atoms with Crippen LogP contribution in [-0.2, 0) is 20.0 Å². The normalized spacial score (nSPS) is 12.1. The molecular formula is C17H15N3O4S3. The zero-order valence-corrected chi connectivity index (χ0v) is 16.3. The van der Waals surface area contributed by atoms with Gasteiger partial charge in [0.1, 0.15) is 0 Å². The lowest BCUT2D eigenvalue weighted by Gasteiger charge is -2.07. The summed E-state index contributed by atoms with van der Waals surface area (Å²) in [5, 5.41) is 2.96. The summed E-state index contributed by atoms with van der Waals surface area (Å²) in [6.07, 6.45) is 2.96. The number of nitrogens with one attached hydrogen (secondary N) is 2. The van der Waals surface area contributed by atoms with E-state index in [0.29, 0.717) is 0 Å². The number of anilines is 2. The Kier molecular flexibility index (Phi) is 5.59. The summed E-state index contributed by atoms with van der Waals surface area (Å²) in [7, 11) is -7.51. The molecule has 1 aromatic heterocycles. The summed E-state index contributed by atoms with van der Waals surface area (Å²) in [4.78, 5) is 3.87. The first kappa shape index (κ1) is 19.1. The maximum Gasteiger partial charge on any atom is 0.263 e. The van der Waals surface area contributed by atoms with E-state index in [1.54, 1.807) is 29.6 Å². The third-order valence-corrected chi connectivity index (χ3v) is 6.51. The van der Waals surface area contributed by atoms with Crippen LogP contribution in [-0.4, -0.2) is 21.8 Å². The summed E-state index contributed by atoms with van der Waals surface area (Å²) in [5.74, 6) is 0. The molecule has 0 atom stereocenters. The first-order valence-electron chi connectivity index (χ1n) is 7.62. The third kappa shape index (κ3) is 5.39. The van der Waals surface area contributed by atoms with Crippen molar-refractivity contribution >= 4 is 48.3 Å². The van der Waals surface area contributed by atoms with Crippen LogP contribution >= 0.6 is 11.3 Å². The monoisotopic (exact) mass is 421 g/mol. The van der Waals surface area contributed by atoms with Gasteiger partial charge in [-0.2, -0.15) is 0 Å². The van der Waals surface area contributed by atoms with E-state index in [1.807, 2.05) is 6.07 Å². The van der Waals surface area contributed by atoms with Gasteiger partial charge >= 0.3 is 0 Å². The third-order valence-electron chi connectivity index (χ3n) is 3.32. The molecule has 0 radical (unpaired) electrons. The Bertz CT molecular complexity index is 1120. The van der Waals surface area contributed by atoms with Crippen molar-refractivity contribution in [3.05, 3.63) is 77.1 Å². The second-order valence-corrected chi connectivity index (χ2v) is 9.47. The second kappa shape index (κ2) is 7.91. The summed E-state index contributed by atoms with van der Waals surface area (Å²) >= 11 is 1.16. The van der Waals surface area contributed by atoms with Gasteiger partial charge in [0.05, 0.1) is 10.3 Å². The second-order valence-electron chi connectivity index (χ2n) is 5.33. The van der Waals surface area contributed by atoms with Gasteiger partial charge in [0.2, 0.25) is 0 Å². The Hall–Kier alpha value is -2.69. The smallest absolute Gasteiger partial charge is 0.263 e. The summed E-state index contributed by atoms with van der Waals surface area (Å²) in [5.41, 5.74) is 0.999. The van der Waals surface area contributed by atoms with Crippen LogP contribution in [0.15, 0.2) is 76.5 Å². The minimum atomic E-state index is -3.78. The number of hydrogen-bond donors (Lipinski definition) is 2. The van der Waals surface area contributed by atoms with E-state index < -0.39 is 20.0 Å². The fourth-order valence-electron chi connectivity index (χ4n) is 2.08. The highest BCUT2D eigenvalue weighted by atomic mass is 32.2. The van der Waals surface area contributed by atoms with E-state index in [9.17, 15) is 16.8 Å². The molecule has 0 amide bonds. The van der Waals surface area contributed by atoms with E-state index in [2.05, 4.69) is 14.4 Å². The Morgan fingerprint density at radius 1 is 0.889 bits per heavy atom. The van der Waals surface area contributed by atoms with Gasteiger partial charge in [0.25, 0.3) is 20.0 Å². The van der Waals surface area contributed by atoms with Gasteiger partial charge in [-0.15, -0.1) is 11.3 Å². The van der Waals surface area contributed by atoms with Crippen molar-refractivity contribution in [3.8, 4) is 0 Å². The number of thiazole rings is 1. The first-order chi connectivity index (χ1) is 12.8. The average Bonchev–Trinajstić information content (AvgIpc) is 3.13. The fourth-order valence-corrected chi connectivity index (χ4v) is 4.74. The molecule has 3 rings (SSSR count). The van der Waals surface area contributed by atoms with Crippen LogP contribution in [0.5, 0.6) is 0 Å². The van der Waals surface area contributed by atoms with Crippen molar-refractivity contribution in [3.63, 3.8) is 0 Å². The van der Waals surface area contributed by atoms with Gasteiger partial charge in [-0.1, -0.05) is 30.3 Å². The molecule has 0 fully saturated rings. The van der Waals surface area contributed by atoms with Crippen LogP contribution in [0.1, 0.15) is 5.56 Å². The lowest BCUT2D eigenvalue weighted by Crippen LogP contribution is -2.13. The Labute approximate surface area is 161 Å². The fraction of sp³-hybridized carbons (Fsp3) is 0. The lowest BCUT2D eigenvalue weighted by atomic mass is 10.2. The maximum absolute atomic E-state index is 12.3. The van der Waals surface area contributed by atoms with Crippen LogP contribution in [0.3, 0.4) is 0 Å². The highest BCUT2D eigenvalue weighted by molar-refractivity contribution is 7.95. The van der Waals surface area contributed by atoms with Crippen LogP contribution in [0.2, 0.25) is 0 Å². The van der Waals surface area contributed by atoms with Crippen LogP contribution < -0.4 is 9.44 Å². The molecule has 0 unspecified atom stereocenters. The molecule has 27 heavy (non-hydrogen) atoms. The molecule has 140 valence electrons. The maximum atomic E-state index is 12.3. The quantitative estimate of drug-likeness (QED) is 0.609. The molecule has 2 aromatic carbocycles. The first-order valence-corrected chi connectivity index (χ1v) is 11.5. The van der Waals surface area contributed by atoms with E-state index >= 15 is 0 Å². The zero-order chi connectivity index (χ0) is 19.3. The molecule has 10 heteroatoms. The zero-order valence-electron chi connectivity index (χ0n) is 13.8. The molecule has 0 bridgehead atoms. The highest BCUT2D eigenvalue weighted by Crippen LogP contribution is 2.20. The number of rotatable bonds is 7. The SMILES string of the molecule is O=S(=O)(/C=C/c1ccccc1)Nc1ccc(S(=O)(=O)Nc2nccs2)cc1. The minimum Gasteiger partial charge on any atom is -0.280 e. The Balaban J connectivity index is 1.71. The van der Waals surface area contributed by atoms with Gasteiger partial charge < -0.3 is 0 Å². The van der Waals surface area contributed by atoms with Gasteiger partial charge in [0, 0.05) is 17.3 Å². The van der Waals surface area contributed by atoms with Gasteiger partial charge in [-0.3, -0.25) is 9.44 Å². The number of aromatic nitrogens is 1. The van der Waals surface area contributed by atoms with E-state index in [4.69, 9.17) is 0 Å². The van der Waals surface area contributed by atoms with E-state index in [1.165, 1.54) is 36.5 Å². The molecule has 0 aliphatic carbocycles. The largest absolute Gasteiger partial charge is 0.280 e. The molecule has 0 aliphatic heterocycles. The lowest BCUT2D eigenvalue weighted by molar-refractivity contribution is 0.601. The van der Waals surface area contributed by atoms with Gasteiger partial charge in [0.15, 0.2) is 5.13 Å². The highest BCUT2D eigenvalue weighted by Gasteiger charge is 2.15. The van der Waals surface area contributed by atoms with Crippen molar-refractivity contribution in [1.82, 2.24) is 4.98 Å². The number of sulfonamides is 2. The van der Waals surface area contributed by atoms with Crippen molar-refractivity contribution < 1.29 is 16.8 Å². The van der Waals surface area contributed by atoms with Crippen LogP contribution in [0.25, 0.3) is 6.08 Å². The molecule has 0 saturated heterocycles. The van der Waals surface area contributed by atoms with Gasteiger partial charge in [-0.25, -0.2) is 21.8 Å². The molecular weight excluding hydrogens is 406 g/mol. The Morgan fingerprint density at radius 2 is 1.59 bits per heavy atom. The minimum absolute atomic E-state index is 0.000440. The number of hydrogen-bond acceptors (Lipinski definition) is 6. The topological polar surface area (TPSA) is 105 Å². The van der Waals surface area contributed by atoms with Crippen molar-refractivity contribution in [2.24, 2.45) is 0 Å². The van der Waals surface area contributed by atoms with E-state index in [0.717, 1.165) is 22.3 Å². The number of nitrogens with zero attached hydrogens (tertiary/aromatic N) is 1. The summed E-state index contributed by atoms with van der Waals surface area (Å²) < 4.78 is 53.5. The van der Waals surface area contributed by atoms with E-state index in [-0.39, 0.29) is 15.7 Å². The summed E-state index contributed by atoms with van der Waals surface area (Å²) in [6.45, 7) is 0. The molecule has 7 nitrogen and oxygen atoms in total. The molecule has 2 N–H and O–H groups in total. The molecule has 3 aromatic rings. The predicted molar refractivity (Wildman–Crippen MR) is 107 cm³/mol. The number of benzene rings is 2. The van der Waals surface area contributed by atoms with Gasteiger partial charge in [-0.05, 0) is 35.9 Å². The Morgan fingerprint density at radius 3 is 2.22 bits per heavy atom. The molecule has 0 spiro atoms. The van der Waals surface area contributed by atoms with Crippen molar-refractivity contribution in [2.45, 2.75) is 4.90 Å². The molecule has 1 heterocycles.